The molecule has 4 heteroatoms. The lowest BCUT2D eigenvalue weighted by Gasteiger charge is -2.18. The first-order valence-corrected chi connectivity index (χ1v) is 7.08. The molecule has 0 unspecified atom stereocenters. The molecule has 1 fully saturated rings. The highest BCUT2D eigenvalue weighted by atomic mass is 16.5. The highest BCUT2D eigenvalue weighted by molar-refractivity contribution is 5.14. The first kappa shape index (κ1) is 13.3. The number of nitrogens with one attached hydrogen (secondary N) is 1. The summed E-state index contributed by atoms with van der Waals surface area (Å²) in [6.45, 7) is 4.38. The van der Waals surface area contributed by atoms with Gasteiger partial charge in [-0.2, -0.15) is 0 Å². The number of ether oxygens (including phenoxy) is 1. The van der Waals surface area contributed by atoms with E-state index in [0.717, 1.165) is 37.6 Å². The molecule has 3 rings (SSSR count). The maximum atomic E-state index is 5.61. The Morgan fingerprint density at radius 2 is 2.10 bits per heavy atom. The molecule has 1 aliphatic heterocycles. The second-order valence-corrected chi connectivity index (χ2v) is 5.41. The first-order chi connectivity index (χ1) is 9.81. The zero-order valence-electron chi connectivity index (χ0n) is 11.7. The number of aryl methyl sites for hydroxylation is 1. The van der Waals surface area contributed by atoms with Crippen LogP contribution in [0.1, 0.15) is 17.0 Å². The molecule has 0 radical (unpaired) electrons. The van der Waals surface area contributed by atoms with Crippen molar-refractivity contribution in [2.24, 2.45) is 5.92 Å². The molecule has 0 saturated carbocycles. The third kappa shape index (κ3) is 3.26. The summed E-state index contributed by atoms with van der Waals surface area (Å²) in [5.41, 5.74) is 2.24. The van der Waals surface area contributed by atoms with Gasteiger partial charge in [0.1, 0.15) is 5.76 Å². The van der Waals surface area contributed by atoms with Gasteiger partial charge in [-0.25, -0.2) is 0 Å². The Balaban J connectivity index is 1.55. The second-order valence-electron chi connectivity index (χ2n) is 5.41. The third-order valence-electron chi connectivity index (χ3n) is 3.75. The van der Waals surface area contributed by atoms with Gasteiger partial charge in [-0.1, -0.05) is 35.5 Å². The molecule has 1 N–H and O–H groups in total. The van der Waals surface area contributed by atoms with Crippen molar-refractivity contribution >= 4 is 0 Å². The summed E-state index contributed by atoms with van der Waals surface area (Å²) in [5.74, 6) is 1.40. The largest absolute Gasteiger partial charge is 0.379 e. The number of rotatable bonds is 5. The molecule has 106 valence electrons. The highest BCUT2D eigenvalue weighted by Gasteiger charge is 2.29. The molecule has 20 heavy (non-hydrogen) atoms. The third-order valence-corrected chi connectivity index (χ3v) is 3.75. The van der Waals surface area contributed by atoms with Crippen molar-refractivity contribution in [3.05, 3.63) is 53.4 Å². The van der Waals surface area contributed by atoms with E-state index in [4.69, 9.17) is 9.26 Å². The molecule has 0 bridgehead atoms. The standard InChI is InChI=1S/C16H20N2O2/c1-12-7-15(20-18-12)8-14-10-19-11-16(14)17-9-13-5-3-2-4-6-13/h2-7,14,16-17H,8-11H2,1H3/t14-,16-/m1/s1. The number of hydrogen-bond acceptors (Lipinski definition) is 4. The van der Waals surface area contributed by atoms with E-state index in [1.807, 2.05) is 19.1 Å². The summed E-state index contributed by atoms with van der Waals surface area (Å²) in [7, 11) is 0. The van der Waals surface area contributed by atoms with Crippen LogP contribution in [0.2, 0.25) is 0 Å². The van der Waals surface area contributed by atoms with E-state index in [0.29, 0.717) is 12.0 Å². The minimum absolute atomic E-state index is 0.376. The zero-order chi connectivity index (χ0) is 13.8. The van der Waals surface area contributed by atoms with Gasteiger partial charge in [0.25, 0.3) is 0 Å². The molecule has 2 atom stereocenters. The maximum Gasteiger partial charge on any atom is 0.137 e. The quantitative estimate of drug-likeness (QED) is 0.907. The van der Waals surface area contributed by atoms with Crippen molar-refractivity contribution in [2.45, 2.75) is 25.9 Å². The molecule has 0 aliphatic carbocycles. The van der Waals surface area contributed by atoms with Crippen LogP contribution in [0.3, 0.4) is 0 Å². The van der Waals surface area contributed by atoms with E-state index in [2.05, 4.69) is 34.7 Å². The predicted octanol–water partition coefficient (Wildman–Crippen LogP) is 2.33. The van der Waals surface area contributed by atoms with Crippen molar-refractivity contribution < 1.29 is 9.26 Å². The van der Waals surface area contributed by atoms with Gasteiger partial charge >= 0.3 is 0 Å². The molecule has 1 aromatic heterocycles. The topological polar surface area (TPSA) is 47.3 Å². The Bertz CT molecular complexity index is 538. The van der Waals surface area contributed by atoms with E-state index >= 15 is 0 Å². The predicted molar refractivity (Wildman–Crippen MR) is 76.3 cm³/mol. The number of hydrogen-bond donors (Lipinski definition) is 1. The zero-order valence-corrected chi connectivity index (χ0v) is 11.7. The van der Waals surface area contributed by atoms with Crippen LogP contribution in [0.25, 0.3) is 0 Å². The number of aromatic nitrogens is 1. The van der Waals surface area contributed by atoms with Crippen LogP contribution >= 0.6 is 0 Å². The van der Waals surface area contributed by atoms with Crippen LogP contribution in [0.15, 0.2) is 40.9 Å². The average Bonchev–Trinajstić information content (AvgIpc) is 3.07. The Labute approximate surface area is 119 Å². The second kappa shape index (κ2) is 6.20. The maximum absolute atomic E-state index is 5.61. The van der Waals surface area contributed by atoms with E-state index in [1.54, 1.807) is 0 Å². The molecular weight excluding hydrogens is 252 g/mol. The minimum Gasteiger partial charge on any atom is -0.379 e. The van der Waals surface area contributed by atoms with Crippen LogP contribution in [0.4, 0.5) is 0 Å². The lowest BCUT2D eigenvalue weighted by Crippen LogP contribution is -2.36. The highest BCUT2D eigenvalue weighted by Crippen LogP contribution is 2.20. The van der Waals surface area contributed by atoms with Gasteiger partial charge in [0, 0.05) is 31.0 Å². The molecule has 4 nitrogen and oxygen atoms in total. The molecule has 2 aromatic rings. The van der Waals surface area contributed by atoms with Gasteiger partial charge in [0.2, 0.25) is 0 Å². The van der Waals surface area contributed by atoms with Crippen LogP contribution in [0.5, 0.6) is 0 Å². The number of benzene rings is 1. The molecule has 0 spiro atoms. The van der Waals surface area contributed by atoms with Gasteiger partial charge in [-0.3, -0.25) is 0 Å². The summed E-state index contributed by atoms with van der Waals surface area (Å²) in [6, 6.07) is 12.8. The van der Waals surface area contributed by atoms with E-state index in [-0.39, 0.29) is 0 Å². The van der Waals surface area contributed by atoms with Crippen LogP contribution in [0, 0.1) is 12.8 Å². The molecular formula is C16H20N2O2. The van der Waals surface area contributed by atoms with E-state index in [1.165, 1.54) is 5.56 Å². The van der Waals surface area contributed by atoms with Gasteiger partial charge in [0.05, 0.1) is 18.9 Å². The SMILES string of the molecule is Cc1cc(C[C@@H]2COC[C@H]2NCc2ccccc2)on1. The Morgan fingerprint density at radius 3 is 2.85 bits per heavy atom. The average molecular weight is 272 g/mol. The summed E-state index contributed by atoms with van der Waals surface area (Å²) >= 11 is 0. The summed E-state index contributed by atoms with van der Waals surface area (Å²) in [5, 5.41) is 7.53. The Hall–Kier alpha value is -1.65. The minimum atomic E-state index is 0.376. The van der Waals surface area contributed by atoms with Crippen molar-refractivity contribution in [2.75, 3.05) is 13.2 Å². The van der Waals surface area contributed by atoms with Crippen molar-refractivity contribution in [3.8, 4) is 0 Å². The van der Waals surface area contributed by atoms with Crippen molar-refractivity contribution in [1.82, 2.24) is 10.5 Å². The van der Waals surface area contributed by atoms with E-state index < -0.39 is 0 Å². The fraction of sp³-hybridized carbons (Fsp3) is 0.438. The number of nitrogens with zero attached hydrogens (tertiary/aromatic N) is 1. The summed E-state index contributed by atoms with van der Waals surface area (Å²) < 4.78 is 10.9. The normalized spacial score (nSPS) is 22.2. The molecule has 0 amide bonds. The lowest BCUT2D eigenvalue weighted by atomic mass is 9.98. The smallest absolute Gasteiger partial charge is 0.137 e. The van der Waals surface area contributed by atoms with Gasteiger partial charge < -0.3 is 14.6 Å². The Morgan fingerprint density at radius 1 is 1.25 bits per heavy atom. The van der Waals surface area contributed by atoms with Crippen LogP contribution in [-0.2, 0) is 17.7 Å². The fourth-order valence-electron chi connectivity index (χ4n) is 2.64. The Kier molecular flexibility index (Phi) is 4.14. The molecule has 2 heterocycles. The van der Waals surface area contributed by atoms with Gasteiger partial charge in [0.15, 0.2) is 0 Å². The van der Waals surface area contributed by atoms with Gasteiger partial charge in [-0.15, -0.1) is 0 Å². The molecule has 1 aliphatic rings. The van der Waals surface area contributed by atoms with Crippen molar-refractivity contribution in [1.29, 1.82) is 0 Å². The van der Waals surface area contributed by atoms with Crippen molar-refractivity contribution in [3.63, 3.8) is 0 Å². The first-order valence-electron chi connectivity index (χ1n) is 7.08. The van der Waals surface area contributed by atoms with Gasteiger partial charge in [-0.05, 0) is 12.5 Å². The van der Waals surface area contributed by atoms with E-state index in [9.17, 15) is 0 Å². The summed E-state index contributed by atoms with van der Waals surface area (Å²) in [4.78, 5) is 0. The molecule has 1 saturated heterocycles. The lowest BCUT2D eigenvalue weighted by molar-refractivity contribution is 0.181. The fourth-order valence-corrected chi connectivity index (χ4v) is 2.64. The monoisotopic (exact) mass is 272 g/mol. The molecule has 1 aromatic carbocycles. The van der Waals surface area contributed by atoms with Crippen LogP contribution < -0.4 is 5.32 Å². The summed E-state index contributed by atoms with van der Waals surface area (Å²) in [6.07, 6.45) is 0.882. The van der Waals surface area contributed by atoms with Crippen LogP contribution in [-0.4, -0.2) is 24.4 Å².